The molecule has 2 aromatic heterocycles. The molecule has 6 rings (SSSR count). The Bertz CT molecular complexity index is 1620. The Kier molecular flexibility index (Phi) is 7.58. The number of halogens is 1. The van der Waals surface area contributed by atoms with Crippen molar-refractivity contribution in [3.05, 3.63) is 88.7 Å². The summed E-state index contributed by atoms with van der Waals surface area (Å²) in [4.78, 5) is 23.2. The maximum Gasteiger partial charge on any atom is 0.354 e. The van der Waals surface area contributed by atoms with Gasteiger partial charge in [-0.1, -0.05) is 36.4 Å². The molecular weight excluding hydrogens is 531 g/mol. The van der Waals surface area contributed by atoms with Crippen molar-refractivity contribution in [3.8, 4) is 28.5 Å². The van der Waals surface area contributed by atoms with E-state index in [9.17, 15) is 14.3 Å². The minimum absolute atomic E-state index is 0.105. The first-order valence-corrected chi connectivity index (χ1v) is 14.7. The number of carbonyl (C=O) groups is 1. The number of aromatic carboxylic acids is 1. The van der Waals surface area contributed by atoms with Gasteiger partial charge in [-0.2, -0.15) is 0 Å². The summed E-state index contributed by atoms with van der Waals surface area (Å²) in [5.74, 6) is 0.229. The normalized spacial score (nSPS) is 20.7. The Morgan fingerprint density at radius 1 is 1.10 bits per heavy atom. The summed E-state index contributed by atoms with van der Waals surface area (Å²) in [5, 5.41) is 9.41. The molecule has 1 aliphatic carbocycles. The highest BCUT2D eigenvalue weighted by molar-refractivity contribution is 5.86. The second kappa shape index (κ2) is 11.3. The van der Waals surface area contributed by atoms with E-state index in [1.165, 1.54) is 21.9 Å². The number of carboxylic acid groups (broad SMARTS) is 1. The minimum atomic E-state index is -1.03. The van der Waals surface area contributed by atoms with Gasteiger partial charge in [0.1, 0.15) is 29.4 Å². The van der Waals surface area contributed by atoms with Gasteiger partial charge in [-0.15, -0.1) is 0 Å². The minimum Gasteiger partial charge on any atom is -0.488 e. The first-order valence-electron chi connectivity index (χ1n) is 14.7. The number of hydrogen-bond donors (Lipinski definition) is 1. The molecule has 1 aliphatic heterocycles. The van der Waals surface area contributed by atoms with Crippen molar-refractivity contribution in [2.24, 2.45) is 7.05 Å². The zero-order valence-corrected chi connectivity index (χ0v) is 24.4. The summed E-state index contributed by atoms with van der Waals surface area (Å²) in [6.07, 6.45) is 5.54. The van der Waals surface area contributed by atoms with E-state index in [-0.39, 0.29) is 5.69 Å². The molecule has 4 aromatic rings. The highest BCUT2D eigenvalue weighted by Gasteiger charge is 2.34. The standard InChI is InChI=1S/C34H37FN4O3/c1-22-6-4-7-27(28-8-5-9-29(37-28)32-36-19-30(33(40)41)38(32)3)31(22)42-21-23-10-11-25-20-39(17-14-24(25)18-23)26-12-15-34(2,35)16-13-26/h4-11,18-19,26H,12-17,20-21H2,1-3H3,(H,40,41). The molecule has 0 atom stereocenters. The van der Waals surface area contributed by atoms with Crippen LogP contribution in [0.2, 0.25) is 0 Å². The molecule has 7 nitrogen and oxygen atoms in total. The third kappa shape index (κ3) is 5.68. The van der Waals surface area contributed by atoms with Crippen molar-refractivity contribution in [2.75, 3.05) is 6.54 Å². The third-order valence-electron chi connectivity index (χ3n) is 8.88. The van der Waals surface area contributed by atoms with E-state index < -0.39 is 11.6 Å². The Hall–Kier alpha value is -4.04. The second-order valence-electron chi connectivity index (χ2n) is 11.9. The number of para-hydroxylation sites is 1. The zero-order chi connectivity index (χ0) is 29.4. The van der Waals surface area contributed by atoms with Gasteiger partial charge in [-0.05, 0) is 86.4 Å². The monoisotopic (exact) mass is 568 g/mol. The van der Waals surface area contributed by atoms with Gasteiger partial charge < -0.3 is 14.4 Å². The summed E-state index contributed by atoms with van der Waals surface area (Å²) < 4.78 is 22.3. The number of ether oxygens (including phenoxy) is 1. The van der Waals surface area contributed by atoms with E-state index in [4.69, 9.17) is 9.72 Å². The lowest BCUT2D eigenvalue weighted by Gasteiger charge is -2.40. The molecule has 1 saturated carbocycles. The largest absolute Gasteiger partial charge is 0.488 e. The number of imidazole rings is 1. The number of pyridine rings is 1. The van der Waals surface area contributed by atoms with Gasteiger partial charge in [0.2, 0.25) is 0 Å². The fraction of sp³-hybridized carbons (Fsp3) is 0.382. The van der Waals surface area contributed by atoms with Crippen molar-refractivity contribution in [2.45, 2.75) is 70.8 Å². The number of nitrogens with zero attached hydrogens (tertiary/aromatic N) is 4. The summed E-state index contributed by atoms with van der Waals surface area (Å²) in [7, 11) is 1.67. The van der Waals surface area contributed by atoms with E-state index in [2.05, 4.69) is 28.1 Å². The number of rotatable bonds is 7. The zero-order valence-electron chi connectivity index (χ0n) is 24.4. The van der Waals surface area contributed by atoms with Crippen LogP contribution in [0.4, 0.5) is 4.39 Å². The maximum absolute atomic E-state index is 14.3. The molecule has 218 valence electrons. The molecule has 1 fully saturated rings. The van der Waals surface area contributed by atoms with Gasteiger partial charge in [0.15, 0.2) is 5.82 Å². The van der Waals surface area contributed by atoms with Gasteiger partial charge in [0.25, 0.3) is 0 Å². The smallest absolute Gasteiger partial charge is 0.354 e. The predicted molar refractivity (Wildman–Crippen MR) is 160 cm³/mol. The van der Waals surface area contributed by atoms with E-state index >= 15 is 0 Å². The predicted octanol–water partition coefficient (Wildman–Crippen LogP) is 6.76. The van der Waals surface area contributed by atoms with E-state index in [0.717, 1.165) is 60.5 Å². The topological polar surface area (TPSA) is 80.5 Å². The second-order valence-corrected chi connectivity index (χ2v) is 11.9. The van der Waals surface area contributed by atoms with Crippen LogP contribution in [0.25, 0.3) is 22.8 Å². The molecule has 3 heterocycles. The Morgan fingerprint density at radius 3 is 2.62 bits per heavy atom. The lowest BCUT2D eigenvalue weighted by molar-refractivity contribution is 0.0598. The highest BCUT2D eigenvalue weighted by Crippen LogP contribution is 2.36. The molecule has 0 amide bonds. The molecule has 1 N–H and O–H groups in total. The molecule has 2 aromatic carbocycles. The summed E-state index contributed by atoms with van der Waals surface area (Å²) in [6, 6.07) is 18.8. The van der Waals surface area contributed by atoms with E-state index in [1.807, 2.05) is 43.3 Å². The fourth-order valence-electron chi connectivity index (χ4n) is 6.36. The van der Waals surface area contributed by atoms with Crippen LogP contribution in [0.5, 0.6) is 5.75 Å². The van der Waals surface area contributed by atoms with Crippen molar-refractivity contribution < 1.29 is 19.0 Å². The Balaban J connectivity index is 1.18. The van der Waals surface area contributed by atoms with Gasteiger partial charge in [-0.3, -0.25) is 4.90 Å². The molecule has 0 unspecified atom stereocenters. The lowest BCUT2D eigenvalue weighted by Crippen LogP contribution is -2.43. The van der Waals surface area contributed by atoms with Gasteiger partial charge >= 0.3 is 5.97 Å². The molecule has 42 heavy (non-hydrogen) atoms. The molecule has 8 heteroatoms. The van der Waals surface area contributed by atoms with E-state index in [0.29, 0.717) is 37.0 Å². The van der Waals surface area contributed by atoms with Crippen LogP contribution in [-0.2, 0) is 26.6 Å². The number of benzene rings is 2. The first kappa shape index (κ1) is 28.1. The molecular formula is C34H37FN4O3. The fourth-order valence-corrected chi connectivity index (χ4v) is 6.36. The van der Waals surface area contributed by atoms with Crippen LogP contribution in [-0.4, -0.2) is 48.8 Å². The quantitative estimate of drug-likeness (QED) is 0.265. The van der Waals surface area contributed by atoms with Crippen molar-refractivity contribution >= 4 is 5.97 Å². The van der Waals surface area contributed by atoms with Crippen LogP contribution >= 0.6 is 0 Å². The van der Waals surface area contributed by atoms with Gasteiger partial charge in [0.05, 0.1) is 11.9 Å². The van der Waals surface area contributed by atoms with Crippen LogP contribution < -0.4 is 4.74 Å². The van der Waals surface area contributed by atoms with Crippen molar-refractivity contribution in [3.63, 3.8) is 0 Å². The average Bonchev–Trinajstić information content (AvgIpc) is 3.37. The maximum atomic E-state index is 14.3. The lowest BCUT2D eigenvalue weighted by atomic mass is 9.83. The number of carboxylic acids is 1. The van der Waals surface area contributed by atoms with Crippen molar-refractivity contribution in [1.29, 1.82) is 0 Å². The molecule has 0 radical (unpaired) electrons. The number of aromatic nitrogens is 3. The number of alkyl halides is 1. The molecule has 0 bridgehead atoms. The number of aryl methyl sites for hydroxylation is 1. The van der Waals surface area contributed by atoms with Gasteiger partial charge in [-0.25, -0.2) is 19.2 Å². The van der Waals surface area contributed by atoms with Crippen LogP contribution in [0.1, 0.15) is 65.3 Å². The summed E-state index contributed by atoms with van der Waals surface area (Å²) in [6.45, 7) is 6.15. The van der Waals surface area contributed by atoms with Crippen LogP contribution in [0, 0.1) is 6.92 Å². The van der Waals surface area contributed by atoms with E-state index in [1.54, 1.807) is 14.0 Å². The molecule has 2 aliphatic rings. The summed E-state index contributed by atoms with van der Waals surface area (Å²) in [5.41, 5.74) is 6.15. The average molecular weight is 569 g/mol. The van der Waals surface area contributed by atoms with Crippen LogP contribution in [0.15, 0.2) is 60.8 Å². The van der Waals surface area contributed by atoms with Crippen LogP contribution in [0.3, 0.4) is 0 Å². The summed E-state index contributed by atoms with van der Waals surface area (Å²) >= 11 is 0. The van der Waals surface area contributed by atoms with Crippen molar-refractivity contribution in [1.82, 2.24) is 19.4 Å². The molecule has 0 spiro atoms. The number of hydrogen-bond acceptors (Lipinski definition) is 5. The first-order chi connectivity index (χ1) is 20.2. The third-order valence-corrected chi connectivity index (χ3v) is 8.88. The van der Waals surface area contributed by atoms with Gasteiger partial charge in [0, 0.05) is 31.7 Å². The Labute approximate surface area is 246 Å². The Morgan fingerprint density at radius 2 is 1.86 bits per heavy atom. The SMILES string of the molecule is Cc1cccc(-c2cccc(-c3ncc(C(=O)O)n3C)n2)c1OCc1ccc2c(c1)CCN(C1CCC(C)(F)CC1)C2. The molecule has 0 saturated heterocycles. The number of fused-ring (bicyclic) bond motifs is 1. The highest BCUT2D eigenvalue weighted by atomic mass is 19.1.